The molecule has 2 nitrogen and oxygen atoms in total. The lowest BCUT2D eigenvalue weighted by Crippen LogP contribution is -2.36. The molecule has 0 spiro atoms. The highest BCUT2D eigenvalue weighted by molar-refractivity contribution is 7.99. The van der Waals surface area contributed by atoms with E-state index in [2.05, 4.69) is 4.90 Å². The van der Waals surface area contributed by atoms with E-state index < -0.39 is 0 Å². The Morgan fingerprint density at radius 1 is 1.30 bits per heavy atom. The molecule has 0 radical (unpaired) electrons. The Labute approximate surface area is 72.9 Å². The zero-order chi connectivity index (χ0) is 6.53. The van der Waals surface area contributed by atoms with Crippen LogP contribution in [0.2, 0.25) is 0 Å². The molecule has 4 heteroatoms. The molecule has 0 bridgehead atoms. The molecule has 0 aromatic rings. The van der Waals surface area contributed by atoms with Gasteiger partial charge in [0.25, 0.3) is 0 Å². The molecular formula is C6H15ClN2S. The molecule has 0 aromatic heterocycles. The number of hydrogen-bond donors (Lipinski definition) is 1. The minimum Gasteiger partial charge on any atom is -0.329 e. The summed E-state index contributed by atoms with van der Waals surface area (Å²) in [5.74, 6) is 2.58. The zero-order valence-corrected chi connectivity index (χ0v) is 7.72. The van der Waals surface area contributed by atoms with Crippen molar-refractivity contribution in [3.05, 3.63) is 0 Å². The van der Waals surface area contributed by atoms with Gasteiger partial charge in [0, 0.05) is 37.7 Å². The van der Waals surface area contributed by atoms with Crippen molar-refractivity contribution in [1.29, 1.82) is 0 Å². The third-order valence-electron chi connectivity index (χ3n) is 1.55. The summed E-state index contributed by atoms with van der Waals surface area (Å²) in [7, 11) is 0. The molecular weight excluding hydrogens is 168 g/mol. The second-order valence-corrected chi connectivity index (χ2v) is 3.47. The highest BCUT2D eigenvalue weighted by atomic mass is 35.5. The van der Waals surface area contributed by atoms with E-state index in [1.807, 2.05) is 11.8 Å². The predicted molar refractivity (Wildman–Crippen MR) is 50.1 cm³/mol. The lowest BCUT2D eigenvalue weighted by Gasteiger charge is -2.25. The molecule has 2 N–H and O–H groups in total. The summed E-state index contributed by atoms with van der Waals surface area (Å²) in [6.07, 6.45) is 0. The maximum absolute atomic E-state index is 5.41. The van der Waals surface area contributed by atoms with Crippen molar-refractivity contribution >= 4 is 24.2 Å². The maximum Gasteiger partial charge on any atom is 0.0105 e. The summed E-state index contributed by atoms with van der Waals surface area (Å²) in [5, 5.41) is 0. The van der Waals surface area contributed by atoms with Crippen molar-refractivity contribution in [3.8, 4) is 0 Å². The van der Waals surface area contributed by atoms with Crippen LogP contribution in [0.4, 0.5) is 0 Å². The van der Waals surface area contributed by atoms with Crippen LogP contribution in [0.15, 0.2) is 0 Å². The average Bonchev–Trinajstić information content (AvgIpc) is 1.91. The monoisotopic (exact) mass is 182 g/mol. The zero-order valence-electron chi connectivity index (χ0n) is 6.08. The number of hydrogen-bond acceptors (Lipinski definition) is 3. The van der Waals surface area contributed by atoms with Crippen molar-refractivity contribution in [2.24, 2.45) is 5.73 Å². The Morgan fingerprint density at radius 2 is 1.90 bits per heavy atom. The van der Waals surface area contributed by atoms with Gasteiger partial charge in [0.05, 0.1) is 0 Å². The minimum absolute atomic E-state index is 0. The second-order valence-electron chi connectivity index (χ2n) is 2.24. The van der Waals surface area contributed by atoms with E-state index in [4.69, 9.17) is 5.73 Å². The molecule has 1 aliphatic heterocycles. The van der Waals surface area contributed by atoms with Gasteiger partial charge < -0.3 is 10.6 Å². The van der Waals surface area contributed by atoms with E-state index in [1.54, 1.807) is 0 Å². The Balaban J connectivity index is 0.000000810. The molecule has 0 atom stereocenters. The van der Waals surface area contributed by atoms with Crippen LogP contribution in [0.25, 0.3) is 0 Å². The third-order valence-corrected chi connectivity index (χ3v) is 2.49. The van der Waals surface area contributed by atoms with Gasteiger partial charge in [-0.3, -0.25) is 0 Å². The molecule has 0 saturated carbocycles. The number of rotatable bonds is 2. The molecule has 1 saturated heterocycles. The Hall–Kier alpha value is 0.560. The van der Waals surface area contributed by atoms with Crippen LogP contribution in [0, 0.1) is 0 Å². The SMILES string of the molecule is Cl.NCCN1CCSCC1. The fourth-order valence-corrected chi connectivity index (χ4v) is 1.99. The minimum atomic E-state index is 0. The second kappa shape index (κ2) is 6.28. The normalized spacial score (nSPS) is 20.1. The van der Waals surface area contributed by atoms with Gasteiger partial charge in [-0.1, -0.05) is 0 Å². The standard InChI is InChI=1S/C6H14N2S.ClH/c7-1-2-8-3-5-9-6-4-8;/h1-7H2;1H. The highest BCUT2D eigenvalue weighted by Gasteiger charge is 2.07. The fraction of sp³-hybridized carbons (Fsp3) is 1.00. The van der Waals surface area contributed by atoms with Crippen LogP contribution in [0.1, 0.15) is 0 Å². The Morgan fingerprint density at radius 3 is 2.40 bits per heavy atom. The molecule has 1 heterocycles. The van der Waals surface area contributed by atoms with Crippen LogP contribution in [-0.2, 0) is 0 Å². The molecule has 1 aliphatic rings. The van der Waals surface area contributed by atoms with Gasteiger partial charge >= 0.3 is 0 Å². The lowest BCUT2D eigenvalue weighted by molar-refractivity contribution is 0.311. The van der Waals surface area contributed by atoms with E-state index in [9.17, 15) is 0 Å². The molecule has 62 valence electrons. The molecule has 0 unspecified atom stereocenters. The van der Waals surface area contributed by atoms with Gasteiger partial charge in [-0.05, 0) is 0 Å². The molecule has 1 rings (SSSR count). The number of nitrogens with two attached hydrogens (primary N) is 1. The van der Waals surface area contributed by atoms with E-state index in [0.717, 1.165) is 13.1 Å². The van der Waals surface area contributed by atoms with Crippen molar-refractivity contribution in [3.63, 3.8) is 0 Å². The first kappa shape index (κ1) is 10.6. The van der Waals surface area contributed by atoms with Crippen molar-refractivity contribution in [2.45, 2.75) is 0 Å². The third kappa shape index (κ3) is 3.66. The average molecular weight is 183 g/mol. The van der Waals surface area contributed by atoms with Gasteiger partial charge in [0.1, 0.15) is 0 Å². The molecule has 0 amide bonds. The van der Waals surface area contributed by atoms with Crippen LogP contribution in [-0.4, -0.2) is 42.6 Å². The lowest BCUT2D eigenvalue weighted by atomic mass is 10.5. The first-order valence-electron chi connectivity index (χ1n) is 3.43. The molecule has 10 heavy (non-hydrogen) atoms. The van der Waals surface area contributed by atoms with Gasteiger partial charge in [-0.2, -0.15) is 11.8 Å². The maximum atomic E-state index is 5.41. The van der Waals surface area contributed by atoms with Gasteiger partial charge in [0.2, 0.25) is 0 Å². The quantitative estimate of drug-likeness (QED) is 0.671. The van der Waals surface area contributed by atoms with E-state index in [0.29, 0.717) is 0 Å². The summed E-state index contributed by atoms with van der Waals surface area (Å²) in [6.45, 7) is 4.37. The van der Waals surface area contributed by atoms with Crippen molar-refractivity contribution in [1.82, 2.24) is 4.90 Å². The van der Waals surface area contributed by atoms with Gasteiger partial charge in [-0.25, -0.2) is 0 Å². The van der Waals surface area contributed by atoms with Crippen LogP contribution >= 0.6 is 24.2 Å². The summed E-state index contributed by atoms with van der Waals surface area (Å²) in [6, 6.07) is 0. The van der Waals surface area contributed by atoms with E-state index >= 15 is 0 Å². The van der Waals surface area contributed by atoms with Crippen LogP contribution < -0.4 is 5.73 Å². The van der Waals surface area contributed by atoms with Crippen LogP contribution in [0.3, 0.4) is 0 Å². The fourth-order valence-electron chi connectivity index (χ4n) is 1.01. The molecule has 1 fully saturated rings. The van der Waals surface area contributed by atoms with E-state index in [-0.39, 0.29) is 12.4 Å². The van der Waals surface area contributed by atoms with Crippen molar-refractivity contribution in [2.75, 3.05) is 37.7 Å². The van der Waals surface area contributed by atoms with Crippen LogP contribution in [0.5, 0.6) is 0 Å². The Bertz CT molecular complexity index is 73.4. The molecule has 0 aromatic carbocycles. The topological polar surface area (TPSA) is 29.3 Å². The smallest absolute Gasteiger partial charge is 0.0105 e. The largest absolute Gasteiger partial charge is 0.329 e. The number of nitrogens with zero attached hydrogens (tertiary/aromatic N) is 1. The summed E-state index contributed by atoms with van der Waals surface area (Å²) < 4.78 is 0. The molecule has 0 aliphatic carbocycles. The first-order valence-corrected chi connectivity index (χ1v) is 4.59. The Kier molecular flexibility index (Phi) is 6.63. The summed E-state index contributed by atoms with van der Waals surface area (Å²) >= 11 is 2.04. The summed E-state index contributed by atoms with van der Waals surface area (Å²) in [4.78, 5) is 2.43. The van der Waals surface area contributed by atoms with Gasteiger partial charge in [-0.15, -0.1) is 12.4 Å². The summed E-state index contributed by atoms with van der Waals surface area (Å²) in [5.41, 5.74) is 5.41. The van der Waals surface area contributed by atoms with Crippen molar-refractivity contribution < 1.29 is 0 Å². The number of thioether (sulfide) groups is 1. The highest BCUT2D eigenvalue weighted by Crippen LogP contribution is 2.07. The predicted octanol–water partition coefficient (Wildman–Crippen LogP) is 0.416. The number of halogens is 1. The van der Waals surface area contributed by atoms with E-state index in [1.165, 1.54) is 24.6 Å². The first-order chi connectivity index (χ1) is 4.43. The van der Waals surface area contributed by atoms with Gasteiger partial charge in [0.15, 0.2) is 0 Å².